The van der Waals surface area contributed by atoms with Gasteiger partial charge in [0.25, 0.3) is 0 Å². The number of carbonyl (C=O) groups excluding carboxylic acids is 1. The standard InChI is InChI=1S/C13H14N2O3/c1-15-7-6-11(14-15)9-18-13-10(8-16)4-3-5-12(13)17-2/h3-8H,9H2,1-2H3. The number of carbonyl (C=O) groups is 1. The Hall–Kier alpha value is -2.30. The van der Waals surface area contributed by atoms with Crippen LogP contribution in [0, 0.1) is 0 Å². The lowest BCUT2D eigenvalue weighted by Gasteiger charge is -2.11. The summed E-state index contributed by atoms with van der Waals surface area (Å²) in [4.78, 5) is 11.0. The first-order valence-electron chi connectivity index (χ1n) is 5.48. The van der Waals surface area contributed by atoms with Crippen LogP contribution in [0.2, 0.25) is 0 Å². The summed E-state index contributed by atoms with van der Waals surface area (Å²) in [7, 11) is 3.38. The molecule has 2 aromatic rings. The summed E-state index contributed by atoms with van der Waals surface area (Å²) in [5, 5.41) is 4.20. The van der Waals surface area contributed by atoms with E-state index in [9.17, 15) is 4.79 Å². The second kappa shape index (κ2) is 5.35. The molecular formula is C13H14N2O3. The van der Waals surface area contributed by atoms with Crippen molar-refractivity contribution in [3.63, 3.8) is 0 Å². The molecule has 1 aromatic carbocycles. The van der Waals surface area contributed by atoms with Crippen molar-refractivity contribution in [1.29, 1.82) is 0 Å². The maximum atomic E-state index is 11.0. The smallest absolute Gasteiger partial charge is 0.172 e. The summed E-state index contributed by atoms with van der Waals surface area (Å²) in [5.41, 5.74) is 1.26. The van der Waals surface area contributed by atoms with Crippen LogP contribution in [0.15, 0.2) is 30.5 Å². The molecule has 0 unspecified atom stereocenters. The fourth-order valence-electron chi connectivity index (χ4n) is 1.63. The van der Waals surface area contributed by atoms with Crippen molar-refractivity contribution in [3.8, 4) is 11.5 Å². The summed E-state index contributed by atoms with van der Waals surface area (Å²) in [6, 6.07) is 7.04. The molecule has 0 saturated heterocycles. The molecule has 5 nitrogen and oxygen atoms in total. The molecule has 5 heteroatoms. The molecule has 0 spiro atoms. The van der Waals surface area contributed by atoms with Gasteiger partial charge in [0.15, 0.2) is 17.8 Å². The predicted molar refractivity (Wildman–Crippen MR) is 65.9 cm³/mol. The van der Waals surface area contributed by atoms with Crippen LogP contribution in [0.25, 0.3) is 0 Å². The maximum Gasteiger partial charge on any atom is 0.172 e. The lowest BCUT2D eigenvalue weighted by molar-refractivity contribution is 0.111. The van der Waals surface area contributed by atoms with Gasteiger partial charge in [0.05, 0.1) is 18.4 Å². The van der Waals surface area contributed by atoms with Crippen molar-refractivity contribution in [2.45, 2.75) is 6.61 Å². The van der Waals surface area contributed by atoms with Crippen LogP contribution in [-0.2, 0) is 13.7 Å². The highest BCUT2D eigenvalue weighted by atomic mass is 16.5. The van der Waals surface area contributed by atoms with Crippen molar-refractivity contribution in [3.05, 3.63) is 41.7 Å². The first kappa shape index (κ1) is 12.2. The quantitative estimate of drug-likeness (QED) is 0.755. The van der Waals surface area contributed by atoms with Gasteiger partial charge in [-0.15, -0.1) is 0 Å². The van der Waals surface area contributed by atoms with Crippen LogP contribution in [-0.4, -0.2) is 23.2 Å². The monoisotopic (exact) mass is 246 g/mol. The summed E-state index contributed by atoms with van der Waals surface area (Å²) >= 11 is 0. The van der Waals surface area contributed by atoms with Crippen LogP contribution in [0.1, 0.15) is 16.1 Å². The zero-order valence-electron chi connectivity index (χ0n) is 10.3. The summed E-state index contributed by atoms with van der Waals surface area (Å²) in [5.74, 6) is 0.983. The van der Waals surface area contributed by atoms with Crippen molar-refractivity contribution < 1.29 is 14.3 Å². The van der Waals surface area contributed by atoms with E-state index >= 15 is 0 Å². The number of nitrogens with zero attached hydrogens (tertiary/aromatic N) is 2. The second-order valence-electron chi connectivity index (χ2n) is 3.77. The number of hydrogen-bond acceptors (Lipinski definition) is 4. The Labute approximate surface area is 105 Å². The number of benzene rings is 1. The minimum absolute atomic E-state index is 0.294. The van der Waals surface area contributed by atoms with Crippen molar-refractivity contribution >= 4 is 6.29 Å². The van der Waals surface area contributed by atoms with Crippen LogP contribution < -0.4 is 9.47 Å². The molecule has 1 heterocycles. The molecule has 0 atom stereocenters. The van der Waals surface area contributed by atoms with Crippen molar-refractivity contribution in [2.24, 2.45) is 7.05 Å². The van der Waals surface area contributed by atoms with E-state index in [0.29, 0.717) is 23.7 Å². The van der Waals surface area contributed by atoms with Crippen LogP contribution >= 0.6 is 0 Å². The number of aryl methyl sites for hydroxylation is 1. The number of para-hydroxylation sites is 1. The van der Waals surface area contributed by atoms with Gasteiger partial charge >= 0.3 is 0 Å². The highest BCUT2D eigenvalue weighted by Gasteiger charge is 2.10. The van der Waals surface area contributed by atoms with Gasteiger partial charge in [-0.2, -0.15) is 5.10 Å². The Kier molecular flexibility index (Phi) is 3.62. The second-order valence-corrected chi connectivity index (χ2v) is 3.77. The summed E-state index contributed by atoms with van der Waals surface area (Å²) in [6.45, 7) is 0.294. The van der Waals surface area contributed by atoms with E-state index < -0.39 is 0 Å². The third-order valence-corrected chi connectivity index (χ3v) is 2.49. The third-order valence-electron chi connectivity index (χ3n) is 2.49. The Bertz CT molecular complexity index is 549. The van der Waals surface area contributed by atoms with Gasteiger partial charge in [-0.25, -0.2) is 0 Å². The van der Waals surface area contributed by atoms with E-state index in [2.05, 4.69) is 5.10 Å². The predicted octanol–water partition coefficient (Wildman–Crippen LogP) is 1.82. The summed E-state index contributed by atoms with van der Waals surface area (Å²) < 4.78 is 12.5. The van der Waals surface area contributed by atoms with Gasteiger partial charge in [0, 0.05) is 13.2 Å². The van der Waals surface area contributed by atoms with Gasteiger partial charge in [0.2, 0.25) is 0 Å². The van der Waals surface area contributed by atoms with Gasteiger partial charge in [0.1, 0.15) is 6.61 Å². The molecule has 18 heavy (non-hydrogen) atoms. The Morgan fingerprint density at radius 1 is 1.39 bits per heavy atom. The zero-order valence-corrected chi connectivity index (χ0v) is 10.3. The fraction of sp³-hybridized carbons (Fsp3) is 0.231. The maximum absolute atomic E-state index is 11.0. The molecule has 1 aromatic heterocycles. The van der Waals surface area contributed by atoms with Gasteiger partial charge in [-0.3, -0.25) is 9.48 Å². The third kappa shape index (κ3) is 2.51. The number of ether oxygens (including phenoxy) is 2. The van der Waals surface area contributed by atoms with Crippen molar-refractivity contribution in [1.82, 2.24) is 9.78 Å². The highest BCUT2D eigenvalue weighted by molar-refractivity contribution is 5.81. The molecule has 0 aliphatic rings. The molecular weight excluding hydrogens is 232 g/mol. The van der Waals surface area contributed by atoms with Crippen LogP contribution in [0.3, 0.4) is 0 Å². The average Bonchev–Trinajstić information content (AvgIpc) is 2.81. The Morgan fingerprint density at radius 2 is 2.22 bits per heavy atom. The lowest BCUT2D eigenvalue weighted by Crippen LogP contribution is -2.02. The zero-order chi connectivity index (χ0) is 13.0. The minimum atomic E-state index is 0.294. The molecule has 0 amide bonds. The largest absolute Gasteiger partial charge is 0.493 e. The SMILES string of the molecule is COc1cccc(C=O)c1OCc1ccn(C)n1. The Morgan fingerprint density at radius 3 is 2.83 bits per heavy atom. The molecule has 0 fully saturated rings. The molecule has 2 rings (SSSR count). The van der Waals surface area contributed by atoms with Gasteiger partial charge < -0.3 is 9.47 Å². The molecule has 0 radical (unpaired) electrons. The Balaban J connectivity index is 2.19. The molecule has 0 N–H and O–H groups in total. The van der Waals surface area contributed by atoms with E-state index in [1.165, 1.54) is 7.11 Å². The minimum Gasteiger partial charge on any atom is -0.493 e. The van der Waals surface area contributed by atoms with Crippen LogP contribution in [0.4, 0.5) is 0 Å². The van der Waals surface area contributed by atoms with Crippen molar-refractivity contribution in [2.75, 3.05) is 7.11 Å². The molecule has 0 aliphatic heterocycles. The average molecular weight is 246 g/mol. The number of aromatic nitrogens is 2. The van der Waals surface area contributed by atoms with E-state index in [4.69, 9.17) is 9.47 Å². The molecule has 94 valence electrons. The lowest BCUT2D eigenvalue weighted by atomic mass is 10.2. The number of rotatable bonds is 5. The van der Waals surface area contributed by atoms with E-state index in [1.807, 2.05) is 19.3 Å². The topological polar surface area (TPSA) is 53.4 Å². The summed E-state index contributed by atoms with van der Waals surface area (Å²) in [6.07, 6.45) is 2.58. The van der Waals surface area contributed by atoms with Crippen LogP contribution in [0.5, 0.6) is 11.5 Å². The first-order valence-corrected chi connectivity index (χ1v) is 5.48. The highest BCUT2D eigenvalue weighted by Crippen LogP contribution is 2.30. The molecule has 0 bridgehead atoms. The van der Waals surface area contributed by atoms with E-state index in [1.54, 1.807) is 22.9 Å². The number of hydrogen-bond donors (Lipinski definition) is 0. The number of methoxy groups -OCH3 is 1. The van der Waals surface area contributed by atoms with E-state index in [0.717, 1.165) is 12.0 Å². The normalized spacial score (nSPS) is 10.1. The fourth-order valence-corrected chi connectivity index (χ4v) is 1.63. The molecule has 0 aliphatic carbocycles. The number of aldehydes is 1. The van der Waals surface area contributed by atoms with E-state index in [-0.39, 0.29) is 0 Å². The van der Waals surface area contributed by atoms with Gasteiger partial charge in [-0.1, -0.05) is 6.07 Å². The van der Waals surface area contributed by atoms with Gasteiger partial charge in [-0.05, 0) is 18.2 Å². The molecule has 0 saturated carbocycles. The first-order chi connectivity index (χ1) is 8.74.